The molecule has 0 unspecified atom stereocenters. The van der Waals surface area contributed by atoms with Gasteiger partial charge >= 0.3 is 0 Å². The summed E-state index contributed by atoms with van der Waals surface area (Å²) in [6.07, 6.45) is 4.38. The molecule has 0 fully saturated rings. The number of hydrazine groups is 1. The van der Waals surface area contributed by atoms with Crippen LogP contribution in [0.3, 0.4) is 0 Å². The Morgan fingerprint density at radius 2 is 1.83 bits per heavy atom. The molecule has 0 saturated carbocycles. The summed E-state index contributed by atoms with van der Waals surface area (Å²) in [6, 6.07) is 0. The monoisotopic (exact) mass is 165 g/mol. The van der Waals surface area contributed by atoms with Crippen molar-refractivity contribution in [3.8, 4) is 0 Å². The van der Waals surface area contributed by atoms with E-state index >= 15 is 0 Å². The van der Waals surface area contributed by atoms with Crippen LogP contribution in [0, 0.1) is 0 Å². The van der Waals surface area contributed by atoms with Gasteiger partial charge in [0.1, 0.15) is 0 Å². The van der Waals surface area contributed by atoms with Crippen LogP contribution < -0.4 is 11.3 Å². The van der Waals surface area contributed by atoms with Crippen molar-refractivity contribution in [2.24, 2.45) is 5.84 Å². The zero-order chi connectivity index (χ0) is 8.39. The molecule has 0 aliphatic heterocycles. The standard InChI is InChI=1S/C7H11N5/c8-10-7-9-5-3-1-2-4-6(5)11-12-7/h1-4,8H2,(H,9,10,12). The summed E-state index contributed by atoms with van der Waals surface area (Å²) in [7, 11) is 0. The van der Waals surface area contributed by atoms with Gasteiger partial charge in [-0.25, -0.2) is 10.8 Å². The molecule has 0 saturated heterocycles. The normalized spacial score (nSPS) is 15.4. The number of rotatable bonds is 1. The minimum Gasteiger partial charge on any atom is -0.291 e. The Morgan fingerprint density at radius 3 is 2.58 bits per heavy atom. The number of nitrogens with one attached hydrogen (secondary N) is 1. The number of hydrogen-bond acceptors (Lipinski definition) is 5. The fourth-order valence-corrected chi connectivity index (χ4v) is 1.42. The summed E-state index contributed by atoms with van der Waals surface area (Å²) >= 11 is 0. The summed E-state index contributed by atoms with van der Waals surface area (Å²) in [4.78, 5) is 4.22. The molecule has 0 aromatic carbocycles. The quantitative estimate of drug-likeness (QED) is 0.453. The van der Waals surface area contributed by atoms with E-state index in [0.717, 1.165) is 24.2 Å². The van der Waals surface area contributed by atoms with Crippen molar-refractivity contribution in [3.05, 3.63) is 11.4 Å². The first-order chi connectivity index (χ1) is 5.90. The maximum Gasteiger partial charge on any atom is 0.257 e. The number of hydrogen-bond donors (Lipinski definition) is 2. The smallest absolute Gasteiger partial charge is 0.257 e. The Hall–Kier alpha value is -1.23. The highest BCUT2D eigenvalue weighted by Gasteiger charge is 2.12. The molecule has 0 bridgehead atoms. The van der Waals surface area contributed by atoms with Crippen LogP contribution in [0.25, 0.3) is 0 Å². The second-order valence-corrected chi connectivity index (χ2v) is 2.88. The lowest BCUT2D eigenvalue weighted by atomic mass is 10.0. The number of aryl methyl sites for hydroxylation is 2. The second kappa shape index (κ2) is 3.02. The van der Waals surface area contributed by atoms with Crippen LogP contribution in [0.2, 0.25) is 0 Å². The highest BCUT2D eigenvalue weighted by Crippen LogP contribution is 2.16. The van der Waals surface area contributed by atoms with Gasteiger partial charge in [-0.05, 0) is 25.7 Å². The van der Waals surface area contributed by atoms with E-state index in [0.29, 0.717) is 5.95 Å². The Balaban J connectivity index is 2.36. The largest absolute Gasteiger partial charge is 0.291 e. The Bertz CT molecular complexity index is 285. The molecular formula is C7H11N5. The highest BCUT2D eigenvalue weighted by atomic mass is 15.3. The molecule has 5 heteroatoms. The van der Waals surface area contributed by atoms with Crippen molar-refractivity contribution in [3.63, 3.8) is 0 Å². The lowest BCUT2D eigenvalue weighted by molar-refractivity contribution is 0.633. The van der Waals surface area contributed by atoms with Crippen LogP contribution in [-0.2, 0) is 12.8 Å². The summed E-state index contributed by atoms with van der Waals surface area (Å²) in [5.74, 6) is 5.58. The minimum absolute atomic E-state index is 0.413. The van der Waals surface area contributed by atoms with Gasteiger partial charge in [0.25, 0.3) is 5.95 Å². The number of nitrogens with two attached hydrogens (primary N) is 1. The van der Waals surface area contributed by atoms with Gasteiger partial charge < -0.3 is 0 Å². The van der Waals surface area contributed by atoms with E-state index in [1.54, 1.807) is 0 Å². The third-order valence-electron chi connectivity index (χ3n) is 2.05. The summed E-state index contributed by atoms with van der Waals surface area (Å²) in [5, 5.41) is 7.85. The summed E-state index contributed by atoms with van der Waals surface area (Å²) in [6.45, 7) is 0. The third kappa shape index (κ3) is 1.23. The van der Waals surface area contributed by atoms with Crippen molar-refractivity contribution < 1.29 is 0 Å². The lowest BCUT2D eigenvalue weighted by Gasteiger charge is -2.12. The van der Waals surface area contributed by atoms with Crippen LogP contribution in [0.1, 0.15) is 24.2 Å². The molecule has 2 rings (SSSR count). The molecule has 64 valence electrons. The third-order valence-corrected chi connectivity index (χ3v) is 2.05. The van der Waals surface area contributed by atoms with Crippen LogP contribution in [0.15, 0.2) is 0 Å². The molecule has 1 aliphatic rings. The van der Waals surface area contributed by atoms with E-state index in [9.17, 15) is 0 Å². The van der Waals surface area contributed by atoms with E-state index in [4.69, 9.17) is 5.84 Å². The van der Waals surface area contributed by atoms with Gasteiger partial charge in [-0.2, -0.15) is 0 Å². The Labute approximate surface area is 70.4 Å². The lowest BCUT2D eigenvalue weighted by Crippen LogP contribution is -2.16. The Morgan fingerprint density at radius 1 is 1.08 bits per heavy atom. The van der Waals surface area contributed by atoms with Crippen molar-refractivity contribution in [2.45, 2.75) is 25.7 Å². The van der Waals surface area contributed by atoms with Crippen molar-refractivity contribution in [2.75, 3.05) is 5.43 Å². The van der Waals surface area contributed by atoms with E-state index in [1.165, 1.54) is 12.8 Å². The van der Waals surface area contributed by atoms with Crippen LogP contribution in [0.4, 0.5) is 5.95 Å². The number of aromatic nitrogens is 3. The number of anilines is 1. The van der Waals surface area contributed by atoms with Gasteiger partial charge in [-0.3, -0.25) is 5.43 Å². The molecule has 0 atom stereocenters. The molecule has 1 aromatic rings. The topological polar surface area (TPSA) is 76.7 Å². The zero-order valence-electron chi connectivity index (χ0n) is 6.75. The maximum absolute atomic E-state index is 5.17. The van der Waals surface area contributed by atoms with Crippen molar-refractivity contribution in [1.29, 1.82) is 0 Å². The summed E-state index contributed by atoms with van der Waals surface area (Å²) in [5.41, 5.74) is 4.47. The number of nitrogens with zero attached hydrogens (tertiary/aromatic N) is 3. The summed E-state index contributed by atoms with van der Waals surface area (Å²) < 4.78 is 0. The maximum atomic E-state index is 5.17. The van der Waals surface area contributed by atoms with Gasteiger partial charge in [0.15, 0.2) is 0 Å². The number of fused-ring (bicyclic) bond motifs is 1. The fourth-order valence-electron chi connectivity index (χ4n) is 1.42. The predicted molar refractivity (Wildman–Crippen MR) is 44.3 cm³/mol. The first-order valence-corrected chi connectivity index (χ1v) is 4.09. The minimum atomic E-state index is 0.413. The molecule has 0 spiro atoms. The van der Waals surface area contributed by atoms with E-state index < -0.39 is 0 Å². The molecule has 1 aromatic heterocycles. The van der Waals surface area contributed by atoms with Crippen LogP contribution >= 0.6 is 0 Å². The van der Waals surface area contributed by atoms with Gasteiger partial charge in [-0.15, -0.1) is 10.2 Å². The molecule has 1 aliphatic carbocycles. The van der Waals surface area contributed by atoms with Gasteiger partial charge in [0, 0.05) is 0 Å². The Kier molecular flexibility index (Phi) is 1.87. The molecule has 3 N–H and O–H groups in total. The molecular weight excluding hydrogens is 154 g/mol. The van der Waals surface area contributed by atoms with Crippen LogP contribution in [0.5, 0.6) is 0 Å². The molecule has 12 heavy (non-hydrogen) atoms. The van der Waals surface area contributed by atoms with Crippen molar-refractivity contribution in [1.82, 2.24) is 15.2 Å². The van der Waals surface area contributed by atoms with Crippen molar-refractivity contribution >= 4 is 5.95 Å². The molecule has 0 amide bonds. The average Bonchev–Trinajstić information content (AvgIpc) is 2.17. The van der Waals surface area contributed by atoms with Gasteiger partial charge in [0.05, 0.1) is 11.4 Å². The predicted octanol–water partition coefficient (Wildman–Crippen LogP) is 0.0360. The zero-order valence-corrected chi connectivity index (χ0v) is 6.75. The highest BCUT2D eigenvalue weighted by molar-refractivity contribution is 5.24. The molecule has 5 nitrogen and oxygen atoms in total. The molecule has 0 radical (unpaired) electrons. The van der Waals surface area contributed by atoms with E-state index in [2.05, 4.69) is 20.6 Å². The molecule has 1 heterocycles. The first kappa shape index (κ1) is 7.42. The first-order valence-electron chi connectivity index (χ1n) is 4.09. The SMILES string of the molecule is NNc1nnc2c(n1)CCCC2. The van der Waals surface area contributed by atoms with E-state index in [1.807, 2.05) is 0 Å². The van der Waals surface area contributed by atoms with Gasteiger partial charge in [-0.1, -0.05) is 0 Å². The average molecular weight is 165 g/mol. The fraction of sp³-hybridized carbons (Fsp3) is 0.571. The second-order valence-electron chi connectivity index (χ2n) is 2.88. The van der Waals surface area contributed by atoms with Gasteiger partial charge in [0.2, 0.25) is 0 Å². The van der Waals surface area contributed by atoms with Crippen LogP contribution in [-0.4, -0.2) is 15.2 Å². The number of nitrogen functional groups attached to an aromatic ring is 1. The van der Waals surface area contributed by atoms with E-state index in [-0.39, 0.29) is 0 Å².